The molecule has 1 atom stereocenters. The molecule has 0 aliphatic carbocycles. The molecule has 114 valence electrons. The first kappa shape index (κ1) is 17.1. The van der Waals surface area contributed by atoms with Crippen molar-refractivity contribution in [2.75, 3.05) is 13.2 Å². The van der Waals surface area contributed by atoms with Gasteiger partial charge in [0.2, 0.25) is 0 Å². The van der Waals surface area contributed by atoms with Crippen LogP contribution in [0.4, 0.5) is 0 Å². The first-order valence-corrected chi connectivity index (χ1v) is 9.03. The van der Waals surface area contributed by atoms with Crippen LogP contribution in [0.2, 0.25) is 10.0 Å². The molecular formula is C15H16BrCl2NOS. The molecule has 0 aliphatic heterocycles. The van der Waals surface area contributed by atoms with Gasteiger partial charge >= 0.3 is 0 Å². The predicted molar refractivity (Wildman–Crippen MR) is 95.2 cm³/mol. The summed E-state index contributed by atoms with van der Waals surface area (Å²) in [5.74, 6) is 0.621. The normalized spacial score (nSPS) is 12.4. The molecule has 1 aromatic heterocycles. The number of nitrogens with one attached hydrogen (secondary N) is 1. The summed E-state index contributed by atoms with van der Waals surface area (Å²) in [5.41, 5.74) is 0.960. The van der Waals surface area contributed by atoms with Crippen LogP contribution in [0.1, 0.15) is 30.3 Å². The zero-order chi connectivity index (χ0) is 15.4. The Hall–Kier alpha value is -0.260. The Kier molecular flexibility index (Phi) is 6.38. The molecule has 2 rings (SSSR count). The highest BCUT2D eigenvalue weighted by Gasteiger charge is 2.20. The van der Waals surface area contributed by atoms with Gasteiger partial charge in [0, 0.05) is 16.0 Å². The maximum Gasteiger partial charge on any atom is 0.139 e. The SMILES string of the molecule is CCNC(c1ccc(Br)s1)c1cc(Cl)c(OCC)cc1Cl. The number of hydrogen-bond donors (Lipinski definition) is 1. The zero-order valence-corrected chi connectivity index (χ0v) is 15.7. The first-order chi connectivity index (χ1) is 10.1. The van der Waals surface area contributed by atoms with E-state index in [1.807, 2.05) is 19.1 Å². The molecule has 0 aliphatic rings. The average molecular weight is 409 g/mol. The van der Waals surface area contributed by atoms with E-state index in [0.29, 0.717) is 22.4 Å². The van der Waals surface area contributed by atoms with Crippen molar-refractivity contribution in [3.8, 4) is 5.75 Å². The molecule has 0 bridgehead atoms. The van der Waals surface area contributed by atoms with Gasteiger partial charge in [0.1, 0.15) is 5.75 Å². The Labute approximate surface area is 147 Å². The molecule has 0 saturated heterocycles. The van der Waals surface area contributed by atoms with Crippen molar-refractivity contribution in [1.29, 1.82) is 0 Å². The third kappa shape index (κ3) is 4.14. The van der Waals surface area contributed by atoms with Gasteiger partial charge in [-0.1, -0.05) is 30.1 Å². The minimum absolute atomic E-state index is 0.0203. The Morgan fingerprint density at radius 1 is 1.24 bits per heavy atom. The van der Waals surface area contributed by atoms with Crippen LogP contribution in [0.5, 0.6) is 5.75 Å². The molecule has 1 aromatic carbocycles. The lowest BCUT2D eigenvalue weighted by molar-refractivity contribution is 0.340. The van der Waals surface area contributed by atoms with E-state index < -0.39 is 0 Å². The smallest absolute Gasteiger partial charge is 0.139 e. The molecule has 0 amide bonds. The summed E-state index contributed by atoms with van der Waals surface area (Å²) in [6.45, 7) is 5.38. The highest BCUT2D eigenvalue weighted by atomic mass is 79.9. The van der Waals surface area contributed by atoms with Crippen molar-refractivity contribution in [3.05, 3.63) is 48.5 Å². The molecular weight excluding hydrogens is 393 g/mol. The van der Waals surface area contributed by atoms with E-state index in [0.717, 1.165) is 15.9 Å². The van der Waals surface area contributed by atoms with E-state index in [9.17, 15) is 0 Å². The average Bonchev–Trinajstić information content (AvgIpc) is 2.87. The van der Waals surface area contributed by atoms with Gasteiger partial charge in [-0.15, -0.1) is 11.3 Å². The van der Waals surface area contributed by atoms with Crippen molar-refractivity contribution in [2.24, 2.45) is 0 Å². The fraction of sp³-hybridized carbons (Fsp3) is 0.333. The highest BCUT2D eigenvalue weighted by Crippen LogP contribution is 2.38. The van der Waals surface area contributed by atoms with Crippen molar-refractivity contribution < 1.29 is 4.74 Å². The Bertz CT molecular complexity index is 618. The van der Waals surface area contributed by atoms with E-state index in [1.54, 1.807) is 17.4 Å². The van der Waals surface area contributed by atoms with E-state index in [4.69, 9.17) is 27.9 Å². The van der Waals surface area contributed by atoms with Crippen molar-refractivity contribution in [1.82, 2.24) is 5.32 Å². The minimum atomic E-state index is 0.0203. The second kappa shape index (κ2) is 7.84. The van der Waals surface area contributed by atoms with Crippen molar-refractivity contribution in [2.45, 2.75) is 19.9 Å². The highest BCUT2D eigenvalue weighted by molar-refractivity contribution is 9.11. The number of ether oxygens (including phenoxy) is 1. The van der Waals surface area contributed by atoms with Gasteiger partial charge in [0.25, 0.3) is 0 Å². The second-order valence-corrected chi connectivity index (χ2v) is 7.68. The van der Waals surface area contributed by atoms with Gasteiger partial charge in [-0.25, -0.2) is 0 Å². The predicted octanol–water partition coefficient (Wildman–Crippen LogP) is 5.92. The summed E-state index contributed by atoms with van der Waals surface area (Å²) in [4.78, 5) is 1.19. The number of hydrogen-bond acceptors (Lipinski definition) is 3. The van der Waals surface area contributed by atoms with E-state index >= 15 is 0 Å². The van der Waals surface area contributed by atoms with Crippen LogP contribution in [0.15, 0.2) is 28.1 Å². The van der Waals surface area contributed by atoms with Crippen LogP contribution in [-0.2, 0) is 0 Å². The van der Waals surface area contributed by atoms with Crippen LogP contribution >= 0.6 is 50.5 Å². The fourth-order valence-corrected chi connectivity index (χ4v) is 4.09. The van der Waals surface area contributed by atoms with Gasteiger partial charge < -0.3 is 10.1 Å². The third-order valence-corrected chi connectivity index (χ3v) is 5.26. The maximum atomic E-state index is 6.44. The van der Waals surface area contributed by atoms with Gasteiger partial charge in [-0.05, 0) is 53.2 Å². The van der Waals surface area contributed by atoms with Crippen molar-refractivity contribution in [3.63, 3.8) is 0 Å². The largest absolute Gasteiger partial charge is 0.492 e. The minimum Gasteiger partial charge on any atom is -0.492 e. The number of thiophene rings is 1. The Balaban J connectivity index is 2.43. The lowest BCUT2D eigenvalue weighted by atomic mass is 10.0. The first-order valence-electron chi connectivity index (χ1n) is 6.67. The summed E-state index contributed by atoms with van der Waals surface area (Å²) in [6, 6.07) is 7.81. The lowest BCUT2D eigenvalue weighted by Gasteiger charge is -2.19. The topological polar surface area (TPSA) is 21.3 Å². The number of halogens is 3. The molecule has 6 heteroatoms. The van der Waals surface area contributed by atoms with Crippen LogP contribution < -0.4 is 10.1 Å². The molecule has 0 radical (unpaired) electrons. The lowest BCUT2D eigenvalue weighted by Crippen LogP contribution is -2.21. The van der Waals surface area contributed by atoms with Crippen LogP contribution in [-0.4, -0.2) is 13.2 Å². The van der Waals surface area contributed by atoms with Crippen LogP contribution in [0.25, 0.3) is 0 Å². The van der Waals surface area contributed by atoms with Gasteiger partial charge in [0.05, 0.1) is 21.5 Å². The summed E-state index contributed by atoms with van der Waals surface area (Å²) < 4.78 is 6.57. The maximum absolute atomic E-state index is 6.44. The standard InChI is InChI=1S/C15H16BrCl2NOS/c1-3-19-15(13-5-6-14(16)21-13)9-7-11(18)12(20-4-2)8-10(9)17/h5-8,15,19H,3-4H2,1-2H3. The molecule has 2 aromatic rings. The van der Waals surface area contributed by atoms with Crippen molar-refractivity contribution >= 4 is 50.5 Å². The number of rotatable bonds is 6. The van der Waals surface area contributed by atoms with Gasteiger partial charge in [0.15, 0.2) is 0 Å². The molecule has 1 unspecified atom stereocenters. The Morgan fingerprint density at radius 3 is 2.57 bits per heavy atom. The van der Waals surface area contributed by atoms with E-state index in [-0.39, 0.29) is 6.04 Å². The summed E-state index contributed by atoms with van der Waals surface area (Å²) >= 11 is 17.9. The molecule has 0 fully saturated rings. The van der Waals surface area contributed by atoms with Gasteiger partial charge in [-0.2, -0.15) is 0 Å². The zero-order valence-electron chi connectivity index (χ0n) is 11.8. The van der Waals surface area contributed by atoms with Crippen LogP contribution in [0, 0.1) is 0 Å². The summed E-state index contributed by atoms with van der Waals surface area (Å²) in [7, 11) is 0. The molecule has 0 saturated carbocycles. The molecule has 1 heterocycles. The molecule has 1 N–H and O–H groups in total. The van der Waals surface area contributed by atoms with Gasteiger partial charge in [-0.3, -0.25) is 0 Å². The summed E-state index contributed by atoms with van der Waals surface area (Å²) in [6.07, 6.45) is 0. The molecule has 2 nitrogen and oxygen atoms in total. The fourth-order valence-electron chi connectivity index (χ4n) is 2.08. The quantitative estimate of drug-likeness (QED) is 0.640. The summed E-state index contributed by atoms with van der Waals surface area (Å²) in [5, 5.41) is 4.68. The number of benzene rings is 1. The van der Waals surface area contributed by atoms with Crippen LogP contribution in [0.3, 0.4) is 0 Å². The monoisotopic (exact) mass is 407 g/mol. The second-order valence-electron chi connectivity index (χ2n) is 4.37. The van der Waals surface area contributed by atoms with E-state index in [2.05, 4.69) is 34.2 Å². The third-order valence-electron chi connectivity index (χ3n) is 2.95. The van der Waals surface area contributed by atoms with E-state index in [1.165, 1.54) is 4.88 Å². The molecule has 21 heavy (non-hydrogen) atoms. The Morgan fingerprint density at radius 2 is 2.00 bits per heavy atom. The molecule has 0 spiro atoms.